The maximum absolute atomic E-state index is 12.1. The van der Waals surface area contributed by atoms with Crippen LogP contribution >= 0.6 is 0 Å². The summed E-state index contributed by atoms with van der Waals surface area (Å²) in [6.07, 6.45) is 4.88. The molecule has 0 bridgehead atoms. The zero-order valence-corrected chi connectivity index (χ0v) is 13.5. The molecule has 0 saturated heterocycles. The van der Waals surface area contributed by atoms with E-state index in [1.807, 2.05) is 12.1 Å². The van der Waals surface area contributed by atoms with Crippen molar-refractivity contribution in [3.8, 4) is 0 Å². The lowest BCUT2D eigenvalue weighted by Crippen LogP contribution is -2.31. The fourth-order valence-electron chi connectivity index (χ4n) is 3.14. The van der Waals surface area contributed by atoms with Crippen LogP contribution in [-0.4, -0.2) is 27.3 Å². The van der Waals surface area contributed by atoms with Crippen molar-refractivity contribution in [2.45, 2.75) is 37.5 Å². The predicted octanol–water partition coefficient (Wildman–Crippen LogP) is 2.66. The standard InChI is InChI=1S/C16H26N2O2S/c1-2-21(19,20)16-10-6-5-9-15(16)18-12-14-8-4-3-7-13(14)11-17/h5-6,9-10,13-14,18H,2-4,7-8,11-12,17H2,1H3. The van der Waals surface area contributed by atoms with Crippen LogP contribution in [0.15, 0.2) is 29.2 Å². The normalized spacial score (nSPS) is 23.0. The topological polar surface area (TPSA) is 72.2 Å². The Balaban J connectivity index is 2.10. The van der Waals surface area contributed by atoms with Crippen molar-refractivity contribution >= 4 is 15.5 Å². The van der Waals surface area contributed by atoms with Gasteiger partial charge in [0.25, 0.3) is 0 Å². The fraction of sp³-hybridized carbons (Fsp3) is 0.625. The summed E-state index contributed by atoms with van der Waals surface area (Å²) in [6, 6.07) is 7.18. The highest BCUT2D eigenvalue weighted by atomic mass is 32.2. The number of anilines is 1. The van der Waals surface area contributed by atoms with Crippen LogP contribution < -0.4 is 11.1 Å². The fourth-order valence-corrected chi connectivity index (χ4v) is 4.22. The average molecular weight is 310 g/mol. The third-order valence-corrected chi connectivity index (χ3v) is 6.31. The Hall–Kier alpha value is -1.07. The van der Waals surface area contributed by atoms with Gasteiger partial charge in [-0.1, -0.05) is 31.9 Å². The summed E-state index contributed by atoms with van der Waals surface area (Å²) < 4.78 is 24.3. The second-order valence-corrected chi connectivity index (χ2v) is 8.07. The molecule has 2 rings (SSSR count). The van der Waals surface area contributed by atoms with Gasteiger partial charge in [0.1, 0.15) is 0 Å². The van der Waals surface area contributed by atoms with Crippen molar-refractivity contribution in [3.63, 3.8) is 0 Å². The van der Waals surface area contributed by atoms with Gasteiger partial charge in [-0.05, 0) is 43.4 Å². The van der Waals surface area contributed by atoms with Gasteiger partial charge in [0.2, 0.25) is 0 Å². The molecule has 1 fully saturated rings. The van der Waals surface area contributed by atoms with Crippen LogP contribution in [0, 0.1) is 11.8 Å². The Morgan fingerprint density at radius 3 is 2.52 bits per heavy atom. The molecule has 0 amide bonds. The van der Waals surface area contributed by atoms with E-state index in [1.165, 1.54) is 25.7 Å². The molecule has 0 aliphatic heterocycles. The number of sulfone groups is 1. The number of hydrogen-bond donors (Lipinski definition) is 2. The first-order valence-electron chi connectivity index (χ1n) is 7.84. The largest absolute Gasteiger partial charge is 0.384 e. The lowest BCUT2D eigenvalue weighted by atomic mass is 9.79. The van der Waals surface area contributed by atoms with Crippen LogP contribution in [0.25, 0.3) is 0 Å². The minimum absolute atomic E-state index is 0.126. The van der Waals surface area contributed by atoms with E-state index in [2.05, 4.69) is 5.32 Å². The molecule has 1 aliphatic rings. The molecule has 2 atom stereocenters. The minimum Gasteiger partial charge on any atom is -0.384 e. The molecule has 0 radical (unpaired) electrons. The summed E-state index contributed by atoms with van der Waals surface area (Å²) in [5, 5.41) is 3.35. The van der Waals surface area contributed by atoms with Crippen molar-refractivity contribution < 1.29 is 8.42 Å². The van der Waals surface area contributed by atoms with E-state index >= 15 is 0 Å². The summed E-state index contributed by atoms with van der Waals surface area (Å²) in [5.41, 5.74) is 6.58. The second-order valence-electron chi connectivity index (χ2n) is 5.82. The first-order valence-corrected chi connectivity index (χ1v) is 9.49. The average Bonchev–Trinajstić information content (AvgIpc) is 2.53. The molecule has 1 aromatic carbocycles. The van der Waals surface area contributed by atoms with Gasteiger partial charge in [0.15, 0.2) is 9.84 Å². The van der Waals surface area contributed by atoms with Gasteiger partial charge in [-0.2, -0.15) is 0 Å². The molecule has 0 spiro atoms. The number of para-hydroxylation sites is 1. The van der Waals surface area contributed by atoms with E-state index in [0.29, 0.717) is 16.7 Å². The highest BCUT2D eigenvalue weighted by Crippen LogP contribution is 2.30. The first kappa shape index (κ1) is 16.3. The van der Waals surface area contributed by atoms with Crippen molar-refractivity contribution in [3.05, 3.63) is 24.3 Å². The van der Waals surface area contributed by atoms with Crippen molar-refractivity contribution in [2.24, 2.45) is 17.6 Å². The Morgan fingerprint density at radius 1 is 1.19 bits per heavy atom. The number of rotatable bonds is 6. The molecule has 118 valence electrons. The molecule has 5 heteroatoms. The van der Waals surface area contributed by atoms with Gasteiger partial charge in [-0.3, -0.25) is 0 Å². The summed E-state index contributed by atoms with van der Waals surface area (Å²) in [6.45, 7) is 3.21. The zero-order chi connectivity index (χ0) is 15.3. The van der Waals surface area contributed by atoms with Gasteiger partial charge >= 0.3 is 0 Å². The Morgan fingerprint density at radius 2 is 1.86 bits per heavy atom. The van der Waals surface area contributed by atoms with Crippen LogP contribution in [0.1, 0.15) is 32.6 Å². The van der Waals surface area contributed by atoms with E-state index < -0.39 is 9.84 Å². The quantitative estimate of drug-likeness (QED) is 0.847. The van der Waals surface area contributed by atoms with Gasteiger partial charge in [0, 0.05) is 6.54 Å². The van der Waals surface area contributed by atoms with Crippen molar-refractivity contribution in [1.29, 1.82) is 0 Å². The Labute approximate surface area is 128 Å². The van der Waals surface area contributed by atoms with E-state index in [0.717, 1.165) is 18.8 Å². The van der Waals surface area contributed by atoms with E-state index in [1.54, 1.807) is 19.1 Å². The second kappa shape index (κ2) is 7.27. The molecule has 4 nitrogen and oxygen atoms in total. The highest BCUT2D eigenvalue weighted by Gasteiger charge is 2.24. The molecule has 1 saturated carbocycles. The Bertz CT molecular complexity index is 557. The summed E-state index contributed by atoms with van der Waals surface area (Å²) in [7, 11) is -3.19. The molecule has 0 heterocycles. The van der Waals surface area contributed by atoms with Gasteiger partial charge in [0.05, 0.1) is 16.3 Å². The number of hydrogen-bond acceptors (Lipinski definition) is 4. The third kappa shape index (κ3) is 3.98. The maximum atomic E-state index is 12.1. The number of benzene rings is 1. The summed E-state index contributed by atoms with van der Waals surface area (Å²) in [5.74, 6) is 1.22. The van der Waals surface area contributed by atoms with Crippen molar-refractivity contribution in [1.82, 2.24) is 0 Å². The lowest BCUT2D eigenvalue weighted by Gasteiger charge is -2.31. The van der Waals surface area contributed by atoms with Crippen molar-refractivity contribution in [2.75, 3.05) is 24.2 Å². The van der Waals surface area contributed by atoms with Gasteiger partial charge in [-0.15, -0.1) is 0 Å². The van der Waals surface area contributed by atoms with Crippen LogP contribution in [-0.2, 0) is 9.84 Å². The maximum Gasteiger partial charge on any atom is 0.180 e. The monoisotopic (exact) mass is 310 g/mol. The van der Waals surface area contributed by atoms with Crippen LogP contribution in [0.2, 0.25) is 0 Å². The molecular weight excluding hydrogens is 284 g/mol. The first-order chi connectivity index (χ1) is 10.1. The third-order valence-electron chi connectivity index (χ3n) is 4.53. The smallest absolute Gasteiger partial charge is 0.180 e. The van der Waals surface area contributed by atoms with E-state index in [4.69, 9.17) is 5.73 Å². The number of nitrogens with two attached hydrogens (primary N) is 1. The minimum atomic E-state index is -3.19. The van der Waals surface area contributed by atoms with Crippen LogP contribution in [0.5, 0.6) is 0 Å². The molecule has 1 aliphatic carbocycles. The molecule has 0 aromatic heterocycles. The molecule has 1 aromatic rings. The molecule has 2 unspecified atom stereocenters. The van der Waals surface area contributed by atoms with E-state index in [9.17, 15) is 8.42 Å². The lowest BCUT2D eigenvalue weighted by molar-refractivity contribution is 0.255. The zero-order valence-electron chi connectivity index (χ0n) is 12.7. The van der Waals surface area contributed by atoms with E-state index in [-0.39, 0.29) is 5.75 Å². The van der Waals surface area contributed by atoms with Gasteiger partial charge in [-0.25, -0.2) is 8.42 Å². The summed E-state index contributed by atoms with van der Waals surface area (Å²) >= 11 is 0. The summed E-state index contributed by atoms with van der Waals surface area (Å²) in [4.78, 5) is 0.410. The van der Waals surface area contributed by atoms with Gasteiger partial charge < -0.3 is 11.1 Å². The number of nitrogens with one attached hydrogen (secondary N) is 1. The molecule has 3 N–H and O–H groups in total. The predicted molar refractivity (Wildman–Crippen MR) is 87.2 cm³/mol. The molecule has 21 heavy (non-hydrogen) atoms. The van der Waals surface area contributed by atoms with Crippen LogP contribution in [0.4, 0.5) is 5.69 Å². The van der Waals surface area contributed by atoms with Crippen LogP contribution in [0.3, 0.4) is 0 Å². The Kier molecular flexibility index (Phi) is 5.65. The molecular formula is C16H26N2O2S. The SMILES string of the molecule is CCS(=O)(=O)c1ccccc1NCC1CCCCC1CN. The highest BCUT2D eigenvalue weighted by molar-refractivity contribution is 7.91.